The summed E-state index contributed by atoms with van der Waals surface area (Å²) in [6, 6.07) is 8.78. The van der Waals surface area contributed by atoms with E-state index in [-0.39, 0.29) is 13.0 Å². The summed E-state index contributed by atoms with van der Waals surface area (Å²) < 4.78 is 49.4. The van der Waals surface area contributed by atoms with E-state index in [1.165, 1.54) is 0 Å². The smallest absolute Gasteiger partial charge is 0.309 e. The molecule has 0 saturated heterocycles. The molecule has 2 rings (SSSR count). The molecule has 0 aliphatic rings. The molecule has 0 aromatic heterocycles. The summed E-state index contributed by atoms with van der Waals surface area (Å²) in [6.45, 7) is 1.26. The third-order valence-corrected chi connectivity index (χ3v) is 3.24. The molecule has 1 amide bonds. The summed E-state index contributed by atoms with van der Waals surface area (Å²) in [5.41, 5.74) is 0.457. The summed E-state index contributed by atoms with van der Waals surface area (Å²) in [5.74, 6) is -5.59. The van der Waals surface area contributed by atoms with Crippen LogP contribution in [0.25, 0.3) is 0 Å². The lowest BCUT2D eigenvalue weighted by Gasteiger charge is -2.09. The second-order valence-electron chi connectivity index (χ2n) is 5.35. The fraction of sp³-hybridized carbons (Fsp3) is 0.222. The van der Waals surface area contributed by atoms with Gasteiger partial charge in [-0.25, -0.2) is 13.2 Å². The van der Waals surface area contributed by atoms with E-state index in [1.807, 2.05) is 24.4 Å². The van der Waals surface area contributed by atoms with E-state index >= 15 is 0 Å². The monoisotopic (exact) mass is 367 g/mol. The van der Waals surface area contributed by atoms with Crippen molar-refractivity contribution in [2.75, 3.05) is 18.5 Å². The average Bonchev–Trinajstić information content (AvgIpc) is 2.60. The molecule has 0 fully saturated rings. The predicted molar refractivity (Wildman–Crippen MR) is 87.2 cm³/mol. The third-order valence-electron chi connectivity index (χ3n) is 3.24. The molecule has 0 unspecified atom stereocenters. The highest BCUT2D eigenvalue weighted by Crippen LogP contribution is 2.19. The van der Waals surface area contributed by atoms with Gasteiger partial charge in [-0.2, -0.15) is 0 Å². The van der Waals surface area contributed by atoms with Crippen LogP contribution >= 0.6 is 0 Å². The highest BCUT2D eigenvalue weighted by atomic mass is 19.2. The molecule has 0 aliphatic heterocycles. The molecule has 5 nitrogen and oxygen atoms in total. The Morgan fingerprint density at radius 1 is 1.08 bits per heavy atom. The number of esters is 1. The molecule has 2 aromatic carbocycles. The highest BCUT2D eigenvalue weighted by molar-refractivity contribution is 5.92. The highest BCUT2D eigenvalue weighted by Gasteiger charge is 2.16. The standard InChI is InChI=1S/C18H16F3NO4/c1-11-3-2-4-12(9-11)25-8-7-16(24)26-10-15(23)22-14-6-5-13(19)17(20)18(14)21/h2-6,9H,7-8,10H2,1H3,(H,22,23). The topological polar surface area (TPSA) is 64.6 Å². The van der Waals surface area contributed by atoms with Gasteiger partial charge in [0.25, 0.3) is 5.91 Å². The van der Waals surface area contributed by atoms with Crippen LogP contribution in [0.2, 0.25) is 0 Å². The minimum Gasteiger partial charge on any atom is -0.493 e. The summed E-state index contributed by atoms with van der Waals surface area (Å²) in [6.07, 6.45) is -0.0965. The van der Waals surface area contributed by atoms with Crippen molar-refractivity contribution in [1.29, 1.82) is 0 Å². The minimum atomic E-state index is -1.70. The fourth-order valence-corrected chi connectivity index (χ4v) is 1.98. The third kappa shape index (κ3) is 5.51. The zero-order chi connectivity index (χ0) is 19.1. The van der Waals surface area contributed by atoms with Crippen molar-refractivity contribution in [3.05, 3.63) is 59.4 Å². The van der Waals surface area contributed by atoms with Gasteiger partial charge in [-0.1, -0.05) is 12.1 Å². The Bertz CT molecular complexity index is 811. The number of halogens is 3. The molecule has 0 bridgehead atoms. The molecule has 0 heterocycles. The van der Waals surface area contributed by atoms with Crippen LogP contribution < -0.4 is 10.1 Å². The first-order valence-electron chi connectivity index (χ1n) is 7.65. The van der Waals surface area contributed by atoms with Crippen molar-refractivity contribution < 1.29 is 32.2 Å². The fourth-order valence-electron chi connectivity index (χ4n) is 1.98. The number of hydrogen-bond acceptors (Lipinski definition) is 4. The van der Waals surface area contributed by atoms with E-state index in [0.29, 0.717) is 11.8 Å². The first kappa shape index (κ1) is 19.3. The first-order chi connectivity index (χ1) is 12.4. The maximum atomic E-state index is 13.4. The van der Waals surface area contributed by atoms with Gasteiger partial charge in [-0.05, 0) is 36.8 Å². The van der Waals surface area contributed by atoms with Gasteiger partial charge in [0.1, 0.15) is 5.75 Å². The lowest BCUT2D eigenvalue weighted by atomic mass is 10.2. The Kier molecular flexibility index (Phi) is 6.60. The van der Waals surface area contributed by atoms with Gasteiger partial charge in [0.15, 0.2) is 24.1 Å². The van der Waals surface area contributed by atoms with Crippen molar-refractivity contribution in [3.8, 4) is 5.75 Å². The van der Waals surface area contributed by atoms with Crippen molar-refractivity contribution >= 4 is 17.6 Å². The Morgan fingerprint density at radius 2 is 1.85 bits per heavy atom. The zero-order valence-electron chi connectivity index (χ0n) is 13.9. The van der Waals surface area contributed by atoms with Crippen LogP contribution in [0.15, 0.2) is 36.4 Å². The molecule has 1 N–H and O–H groups in total. The van der Waals surface area contributed by atoms with Crippen molar-refractivity contribution in [1.82, 2.24) is 0 Å². The molecule has 26 heavy (non-hydrogen) atoms. The molecule has 0 spiro atoms. The Hall–Kier alpha value is -3.03. The Labute approximate surface area is 147 Å². The largest absolute Gasteiger partial charge is 0.493 e. The van der Waals surface area contributed by atoms with E-state index in [4.69, 9.17) is 9.47 Å². The first-order valence-corrected chi connectivity index (χ1v) is 7.65. The van der Waals surface area contributed by atoms with Gasteiger partial charge < -0.3 is 14.8 Å². The van der Waals surface area contributed by atoms with Crippen molar-refractivity contribution in [3.63, 3.8) is 0 Å². The number of benzene rings is 2. The summed E-state index contributed by atoms with van der Waals surface area (Å²) in [4.78, 5) is 23.2. The second kappa shape index (κ2) is 8.89. The Balaban J connectivity index is 1.73. The predicted octanol–water partition coefficient (Wildman–Crippen LogP) is 3.36. The van der Waals surface area contributed by atoms with E-state index in [9.17, 15) is 22.8 Å². The lowest BCUT2D eigenvalue weighted by molar-refractivity contribution is -0.147. The molecule has 8 heteroatoms. The van der Waals surface area contributed by atoms with E-state index in [0.717, 1.165) is 11.6 Å². The van der Waals surface area contributed by atoms with Gasteiger partial charge in [-0.3, -0.25) is 9.59 Å². The van der Waals surface area contributed by atoms with Crippen LogP contribution in [-0.2, 0) is 14.3 Å². The van der Waals surface area contributed by atoms with Gasteiger partial charge in [0.2, 0.25) is 0 Å². The van der Waals surface area contributed by atoms with Crippen LogP contribution in [0.5, 0.6) is 5.75 Å². The quantitative estimate of drug-likeness (QED) is 0.602. The molecule has 0 saturated carbocycles. The minimum absolute atomic E-state index is 0.0572. The summed E-state index contributed by atoms with van der Waals surface area (Å²) in [7, 11) is 0. The average molecular weight is 367 g/mol. The van der Waals surface area contributed by atoms with Gasteiger partial charge in [0.05, 0.1) is 18.7 Å². The number of hydrogen-bond donors (Lipinski definition) is 1. The Morgan fingerprint density at radius 3 is 2.58 bits per heavy atom. The maximum Gasteiger partial charge on any atom is 0.309 e. The summed E-state index contributed by atoms with van der Waals surface area (Å²) >= 11 is 0. The zero-order valence-corrected chi connectivity index (χ0v) is 13.9. The van der Waals surface area contributed by atoms with E-state index < -0.39 is 41.6 Å². The molecular formula is C18H16F3NO4. The van der Waals surface area contributed by atoms with E-state index in [2.05, 4.69) is 0 Å². The van der Waals surface area contributed by atoms with Gasteiger partial charge in [0, 0.05) is 0 Å². The molecule has 0 aliphatic carbocycles. The molecule has 0 radical (unpaired) electrons. The number of anilines is 1. The molecule has 138 valence electrons. The van der Waals surface area contributed by atoms with Crippen LogP contribution in [0.1, 0.15) is 12.0 Å². The van der Waals surface area contributed by atoms with Crippen LogP contribution in [0, 0.1) is 24.4 Å². The number of rotatable bonds is 7. The summed E-state index contributed by atoms with van der Waals surface area (Å²) in [5, 5.41) is 1.99. The molecule has 2 aromatic rings. The number of nitrogens with one attached hydrogen (secondary N) is 1. The maximum absolute atomic E-state index is 13.4. The van der Waals surface area contributed by atoms with Crippen molar-refractivity contribution in [2.45, 2.75) is 13.3 Å². The van der Waals surface area contributed by atoms with Crippen molar-refractivity contribution in [2.24, 2.45) is 0 Å². The van der Waals surface area contributed by atoms with Crippen LogP contribution in [0.4, 0.5) is 18.9 Å². The number of carbonyl (C=O) groups is 2. The molecule has 0 atom stereocenters. The second-order valence-corrected chi connectivity index (χ2v) is 5.35. The SMILES string of the molecule is Cc1cccc(OCCC(=O)OCC(=O)Nc2ccc(F)c(F)c2F)c1. The molecular weight excluding hydrogens is 351 g/mol. The van der Waals surface area contributed by atoms with Gasteiger partial charge >= 0.3 is 5.97 Å². The number of ether oxygens (including phenoxy) is 2. The lowest BCUT2D eigenvalue weighted by Crippen LogP contribution is -2.22. The number of amides is 1. The normalized spacial score (nSPS) is 10.3. The number of aryl methyl sites for hydroxylation is 1. The van der Waals surface area contributed by atoms with Gasteiger partial charge in [-0.15, -0.1) is 0 Å². The van der Waals surface area contributed by atoms with Crippen LogP contribution in [0.3, 0.4) is 0 Å². The van der Waals surface area contributed by atoms with E-state index in [1.54, 1.807) is 12.1 Å². The number of carbonyl (C=O) groups excluding carboxylic acids is 2. The van der Waals surface area contributed by atoms with Crippen LogP contribution in [-0.4, -0.2) is 25.1 Å².